The fraction of sp³-hybridized carbons (Fsp3) is 0.235. The van der Waals surface area contributed by atoms with Crippen molar-refractivity contribution in [2.24, 2.45) is 0 Å². The topological polar surface area (TPSA) is 61.4 Å². The lowest BCUT2D eigenvalue weighted by Crippen LogP contribution is -2.38. The molecule has 1 amide bonds. The standard InChI is InChI=1S/C17H18N2O2/c20-11-13-6-2-4-8-15(13)19-17(21)16-14-7-3-1-5-12(14)9-10-18-16/h1-8,16,18,20H,9-11H2,(H,19,21). The lowest BCUT2D eigenvalue weighted by Gasteiger charge is -2.26. The molecule has 1 unspecified atom stereocenters. The maximum absolute atomic E-state index is 12.5. The lowest BCUT2D eigenvalue weighted by atomic mass is 9.94. The Labute approximate surface area is 123 Å². The van der Waals surface area contributed by atoms with E-state index in [0.717, 1.165) is 24.1 Å². The zero-order valence-corrected chi connectivity index (χ0v) is 11.7. The highest BCUT2D eigenvalue weighted by Gasteiger charge is 2.25. The second kappa shape index (κ2) is 6.08. The molecular weight excluding hydrogens is 264 g/mol. The summed E-state index contributed by atoms with van der Waals surface area (Å²) in [6, 6.07) is 15.0. The van der Waals surface area contributed by atoms with Crippen molar-refractivity contribution in [2.75, 3.05) is 11.9 Å². The van der Waals surface area contributed by atoms with E-state index in [0.29, 0.717) is 5.69 Å². The van der Waals surface area contributed by atoms with Crippen molar-refractivity contribution in [1.29, 1.82) is 0 Å². The number of rotatable bonds is 3. The van der Waals surface area contributed by atoms with E-state index in [1.54, 1.807) is 12.1 Å². The van der Waals surface area contributed by atoms with Crippen LogP contribution >= 0.6 is 0 Å². The first kappa shape index (κ1) is 13.8. The highest BCUT2D eigenvalue weighted by Crippen LogP contribution is 2.24. The molecule has 108 valence electrons. The van der Waals surface area contributed by atoms with Crippen molar-refractivity contribution in [3.63, 3.8) is 0 Å². The highest BCUT2D eigenvalue weighted by atomic mass is 16.3. The van der Waals surface area contributed by atoms with Crippen LogP contribution in [0.25, 0.3) is 0 Å². The molecule has 0 saturated carbocycles. The molecule has 3 rings (SSSR count). The van der Waals surface area contributed by atoms with Gasteiger partial charge in [-0.05, 0) is 23.6 Å². The van der Waals surface area contributed by atoms with Crippen LogP contribution in [0.15, 0.2) is 48.5 Å². The van der Waals surface area contributed by atoms with Gasteiger partial charge in [-0.2, -0.15) is 0 Å². The summed E-state index contributed by atoms with van der Waals surface area (Å²) in [5.74, 6) is -0.0944. The Hall–Kier alpha value is -2.17. The number of para-hydroxylation sites is 1. The van der Waals surface area contributed by atoms with Crippen LogP contribution in [-0.4, -0.2) is 17.6 Å². The van der Waals surface area contributed by atoms with E-state index < -0.39 is 0 Å². The number of hydrogen-bond donors (Lipinski definition) is 3. The van der Waals surface area contributed by atoms with Crippen molar-refractivity contribution in [3.8, 4) is 0 Å². The zero-order valence-electron chi connectivity index (χ0n) is 11.7. The van der Waals surface area contributed by atoms with Gasteiger partial charge in [0.2, 0.25) is 5.91 Å². The van der Waals surface area contributed by atoms with Crippen molar-refractivity contribution in [1.82, 2.24) is 5.32 Å². The number of benzene rings is 2. The number of anilines is 1. The molecule has 21 heavy (non-hydrogen) atoms. The number of carbonyl (C=O) groups excluding carboxylic acids is 1. The molecular formula is C17H18N2O2. The van der Waals surface area contributed by atoms with Gasteiger partial charge in [0.05, 0.1) is 6.61 Å². The van der Waals surface area contributed by atoms with Gasteiger partial charge in [-0.25, -0.2) is 0 Å². The summed E-state index contributed by atoms with van der Waals surface area (Å²) in [6.45, 7) is 0.696. The van der Waals surface area contributed by atoms with E-state index in [2.05, 4.69) is 16.7 Å². The van der Waals surface area contributed by atoms with Crippen molar-refractivity contribution in [3.05, 3.63) is 65.2 Å². The predicted molar refractivity (Wildman–Crippen MR) is 81.9 cm³/mol. The second-order valence-corrected chi connectivity index (χ2v) is 5.14. The summed E-state index contributed by atoms with van der Waals surface area (Å²) in [5, 5.41) is 15.5. The van der Waals surface area contributed by atoms with E-state index in [9.17, 15) is 9.90 Å². The predicted octanol–water partition coefficient (Wildman–Crippen LogP) is 2.00. The summed E-state index contributed by atoms with van der Waals surface area (Å²) in [6.07, 6.45) is 0.938. The molecule has 1 atom stereocenters. The smallest absolute Gasteiger partial charge is 0.246 e. The van der Waals surface area contributed by atoms with Crippen LogP contribution in [0.4, 0.5) is 5.69 Å². The molecule has 0 spiro atoms. The number of amides is 1. The monoisotopic (exact) mass is 282 g/mol. The van der Waals surface area contributed by atoms with E-state index in [4.69, 9.17) is 0 Å². The van der Waals surface area contributed by atoms with Gasteiger partial charge in [0.25, 0.3) is 0 Å². The first-order valence-electron chi connectivity index (χ1n) is 7.10. The van der Waals surface area contributed by atoms with Crippen LogP contribution in [0.1, 0.15) is 22.7 Å². The molecule has 1 aliphatic rings. The minimum Gasteiger partial charge on any atom is -0.392 e. The Balaban J connectivity index is 1.84. The molecule has 1 aliphatic heterocycles. The maximum Gasteiger partial charge on any atom is 0.246 e. The molecule has 0 fully saturated rings. The number of aliphatic hydroxyl groups excluding tert-OH is 1. The van der Waals surface area contributed by atoms with Crippen LogP contribution in [0.3, 0.4) is 0 Å². The Morgan fingerprint density at radius 1 is 1.19 bits per heavy atom. The van der Waals surface area contributed by atoms with Gasteiger partial charge in [0, 0.05) is 17.8 Å². The van der Waals surface area contributed by atoms with Gasteiger partial charge >= 0.3 is 0 Å². The third-order valence-electron chi connectivity index (χ3n) is 3.82. The molecule has 0 bridgehead atoms. The molecule has 4 nitrogen and oxygen atoms in total. The van der Waals surface area contributed by atoms with Crippen molar-refractivity contribution in [2.45, 2.75) is 19.1 Å². The van der Waals surface area contributed by atoms with E-state index in [-0.39, 0.29) is 18.6 Å². The van der Waals surface area contributed by atoms with Crippen molar-refractivity contribution >= 4 is 11.6 Å². The van der Waals surface area contributed by atoms with Crippen LogP contribution < -0.4 is 10.6 Å². The number of carbonyl (C=O) groups is 1. The van der Waals surface area contributed by atoms with Crippen LogP contribution in [0.2, 0.25) is 0 Å². The van der Waals surface area contributed by atoms with Crippen LogP contribution in [0.5, 0.6) is 0 Å². The normalized spacial score (nSPS) is 17.1. The maximum atomic E-state index is 12.5. The zero-order chi connectivity index (χ0) is 14.7. The van der Waals surface area contributed by atoms with E-state index in [1.807, 2.05) is 30.3 Å². The third-order valence-corrected chi connectivity index (χ3v) is 3.82. The average molecular weight is 282 g/mol. The van der Waals surface area contributed by atoms with Crippen LogP contribution in [0, 0.1) is 0 Å². The molecule has 0 radical (unpaired) electrons. The fourth-order valence-electron chi connectivity index (χ4n) is 2.72. The molecule has 0 aliphatic carbocycles. The van der Waals surface area contributed by atoms with Gasteiger partial charge in [0.15, 0.2) is 0 Å². The molecule has 0 saturated heterocycles. The molecule has 2 aromatic rings. The lowest BCUT2D eigenvalue weighted by molar-refractivity contribution is -0.118. The Morgan fingerprint density at radius 3 is 2.81 bits per heavy atom. The molecule has 0 aromatic heterocycles. The summed E-state index contributed by atoms with van der Waals surface area (Å²) in [7, 11) is 0. The number of aliphatic hydroxyl groups is 1. The van der Waals surface area contributed by atoms with Gasteiger partial charge in [-0.1, -0.05) is 42.5 Å². The first-order chi connectivity index (χ1) is 10.3. The summed E-state index contributed by atoms with van der Waals surface area (Å²) in [5.41, 5.74) is 3.62. The molecule has 4 heteroatoms. The number of nitrogens with one attached hydrogen (secondary N) is 2. The van der Waals surface area contributed by atoms with Gasteiger partial charge in [0.1, 0.15) is 6.04 Å². The minimum atomic E-state index is -0.346. The molecule has 1 heterocycles. The van der Waals surface area contributed by atoms with Gasteiger partial charge in [-0.15, -0.1) is 0 Å². The third kappa shape index (κ3) is 2.82. The Morgan fingerprint density at radius 2 is 1.95 bits per heavy atom. The Kier molecular flexibility index (Phi) is 3.99. The minimum absolute atomic E-state index is 0.0921. The summed E-state index contributed by atoms with van der Waals surface area (Å²) < 4.78 is 0. The second-order valence-electron chi connectivity index (χ2n) is 5.14. The highest BCUT2D eigenvalue weighted by molar-refractivity contribution is 5.96. The largest absolute Gasteiger partial charge is 0.392 e. The average Bonchev–Trinajstić information content (AvgIpc) is 2.54. The van der Waals surface area contributed by atoms with Gasteiger partial charge in [-0.3, -0.25) is 4.79 Å². The quantitative estimate of drug-likeness (QED) is 0.807. The molecule has 2 aromatic carbocycles. The number of fused-ring (bicyclic) bond motifs is 1. The number of hydrogen-bond acceptors (Lipinski definition) is 3. The summed E-state index contributed by atoms with van der Waals surface area (Å²) in [4.78, 5) is 12.5. The van der Waals surface area contributed by atoms with E-state index >= 15 is 0 Å². The van der Waals surface area contributed by atoms with E-state index in [1.165, 1.54) is 5.56 Å². The first-order valence-corrected chi connectivity index (χ1v) is 7.10. The van der Waals surface area contributed by atoms with Gasteiger partial charge < -0.3 is 15.7 Å². The Bertz CT molecular complexity index is 655. The van der Waals surface area contributed by atoms with Crippen molar-refractivity contribution < 1.29 is 9.90 Å². The SMILES string of the molecule is O=C(Nc1ccccc1CO)C1NCCc2ccccc21. The van der Waals surface area contributed by atoms with Crippen LogP contribution in [-0.2, 0) is 17.8 Å². The molecule has 3 N–H and O–H groups in total. The fourth-order valence-corrected chi connectivity index (χ4v) is 2.72. The summed E-state index contributed by atoms with van der Waals surface area (Å²) >= 11 is 0.